The van der Waals surface area contributed by atoms with Gasteiger partial charge in [0.15, 0.2) is 0 Å². The molecular formula is C101H103BrN8O8Sn. The molecule has 0 radical (unpaired) electrons. The Balaban J connectivity index is 0.000000148. The van der Waals surface area contributed by atoms with E-state index in [9.17, 15) is 38.4 Å². The van der Waals surface area contributed by atoms with Gasteiger partial charge in [-0.15, -0.1) is 0 Å². The van der Waals surface area contributed by atoms with E-state index >= 15 is 0 Å². The van der Waals surface area contributed by atoms with Crippen molar-refractivity contribution in [1.82, 2.24) is 39.5 Å². The summed E-state index contributed by atoms with van der Waals surface area (Å²) < 4.78 is 6.87. The molecule has 4 aliphatic rings. The van der Waals surface area contributed by atoms with Gasteiger partial charge in [0.05, 0.1) is 11.4 Å². The third-order valence-electron chi connectivity index (χ3n) is 26.1. The SMILES string of the molecule is C.CCC(CC)N1C(=O)c2ccc3c4ccc5c6c(cc(-c7ccc(-c8ccccn8)nc7)c(c7ccc(c2c37)C1=O)c64)C(=O)N(C(CC)CC)C5=O.CCC(CC)N1C(=O)c2ccc3c4ccc5c6c(cc(Br)c(c7ccc(c2c37)C1=O)c64)C(=O)N(C(CC)CC)C5=O.CCC[CH2][Sn]([CH2]CCC)([CH2]CCC)[c]1ccc(-c2ccccn2)nc1. The Morgan fingerprint density at radius 1 is 0.294 bits per heavy atom. The first-order chi connectivity index (χ1) is 57.4. The fourth-order valence-corrected chi connectivity index (χ4v) is 36.2. The van der Waals surface area contributed by atoms with Crippen molar-refractivity contribution in [1.29, 1.82) is 0 Å². The van der Waals surface area contributed by atoms with Crippen molar-refractivity contribution in [3.05, 3.63) is 219 Å². The molecule has 14 aromatic rings. The molecule has 0 fully saturated rings. The Hall–Kier alpha value is -10.8. The first-order valence-electron chi connectivity index (χ1n) is 42.8. The summed E-state index contributed by atoms with van der Waals surface area (Å²) in [5.74, 6) is -2.19. The summed E-state index contributed by atoms with van der Waals surface area (Å²) in [6, 6.07) is 46.0. The zero-order valence-corrected chi connectivity index (χ0v) is 73.7. The molecule has 606 valence electrons. The number of amides is 8. The number of benzene rings is 10. The van der Waals surface area contributed by atoms with Gasteiger partial charge in [-0.05, 0) is 178 Å². The Kier molecular flexibility index (Phi) is 23.9. The zero-order valence-electron chi connectivity index (χ0n) is 69.2. The molecular weight excluding hydrogens is 1650 g/mol. The summed E-state index contributed by atoms with van der Waals surface area (Å²) in [5, 5.41) is 12.9. The monoisotopic (exact) mass is 1750 g/mol. The van der Waals surface area contributed by atoms with Crippen LogP contribution in [0.3, 0.4) is 0 Å². The molecule has 0 unspecified atom stereocenters. The van der Waals surface area contributed by atoms with Gasteiger partial charge in [0.2, 0.25) is 0 Å². The Morgan fingerprint density at radius 2 is 0.605 bits per heavy atom. The molecule has 4 aromatic heterocycles. The van der Waals surface area contributed by atoms with Crippen LogP contribution in [0.25, 0.3) is 120 Å². The average Bonchev–Trinajstić information content (AvgIpc) is 0.687. The molecule has 0 aliphatic carbocycles. The van der Waals surface area contributed by atoms with E-state index in [0.29, 0.717) is 123 Å². The molecule has 0 bridgehead atoms. The molecule has 4 aliphatic heterocycles. The van der Waals surface area contributed by atoms with Crippen LogP contribution in [0.2, 0.25) is 13.3 Å². The van der Waals surface area contributed by atoms with Gasteiger partial charge in [0, 0.05) is 123 Å². The van der Waals surface area contributed by atoms with E-state index in [1.807, 2.05) is 195 Å². The molecule has 0 N–H and O–H groups in total. The van der Waals surface area contributed by atoms with Crippen LogP contribution >= 0.6 is 15.9 Å². The molecule has 10 aromatic carbocycles. The van der Waals surface area contributed by atoms with Gasteiger partial charge in [-0.3, -0.25) is 67.9 Å². The zero-order chi connectivity index (χ0) is 82.9. The molecule has 18 heteroatoms. The number of fused-ring (bicyclic) bond motifs is 4. The average molecular weight is 1760 g/mol. The third kappa shape index (κ3) is 13.5. The van der Waals surface area contributed by atoms with Crippen LogP contribution in [0.15, 0.2) is 175 Å². The summed E-state index contributed by atoms with van der Waals surface area (Å²) in [6.45, 7) is 23.0. The standard InChI is InChI=1S/C44H36N4O4.C34H29BrN2O4.C10H7N2.3C4H9.CH4.Sn/c1-5-24(6-2)47-41(49)29-16-13-26-27-14-17-31-39-33(44(52)48(43(31)51)25(7-3)8-4)21-32(23-12-19-35(46-22-23)34-11-9-10-20-45-34)37(40(27)39)28-15-18-30(42(47)50)38(29)36(26)28;1-5-16(6-2)36-31(38)21-12-9-18-19-10-13-23-28-24(34(41)37(33(23)40)17(7-3)8-4)15-25(35)29(30(19)28)20-11-14-22(32(36)39)27(21)26(18)20;1-3-7-11-9(5-1)10-6-2-4-8-12-10;3*1-3-4-2;;/h9-22,24-25H,5-8H2,1-4H3;9-17H,5-8H2,1-4H3;1-3,5-8H;3*1,3-4H2,2H3;1H4;. The van der Waals surface area contributed by atoms with Crippen molar-refractivity contribution in [2.45, 2.75) is 211 Å². The number of hydrogen-bond donors (Lipinski definition) is 0. The maximum atomic E-state index is 14.5. The molecule has 0 saturated carbocycles. The summed E-state index contributed by atoms with van der Waals surface area (Å²) >= 11 is 1.44. The summed E-state index contributed by atoms with van der Waals surface area (Å²) in [4.78, 5) is 136. The number of carbonyl (C=O) groups is 8. The second kappa shape index (κ2) is 34.2. The number of nitrogens with zero attached hydrogens (tertiary/aromatic N) is 8. The van der Waals surface area contributed by atoms with Gasteiger partial charge < -0.3 is 0 Å². The van der Waals surface area contributed by atoms with Crippen molar-refractivity contribution < 1.29 is 38.4 Å². The molecule has 0 spiro atoms. The van der Waals surface area contributed by atoms with Crippen molar-refractivity contribution >= 4 is 171 Å². The normalized spacial score (nSPS) is 14.1. The fraction of sp³-hybridized carbons (Fsp3) is 0.327. The minimum absolute atomic E-state index is 0. The van der Waals surface area contributed by atoms with Crippen LogP contribution in [0.1, 0.15) is 256 Å². The number of halogens is 1. The Morgan fingerprint density at radius 3 is 0.933 bits per heavy atom. The predicted molar refractivity (Wildman–Crippen MR) is 488 cm³/mol. The van der Waals surface area contributed by atoms with Crippen LogP contribution in [0.5, 0.6) is 0 Å². The topological polar surface area (TPSA) is 201 Å². The van der Waals surface area contributed by atoms with E-state index in [1.54, 1.807) is 16.0 Å². The van der Waals surface area contributed by atoms with Crippen molar-refractivity contribution in [3.63, 3.8) is 0 Å². The van der Waals surface area contributed by atoms with E-state index in [4.69, 9.17) is 9.97 Å². The third-order valence-corrected chi connectivity index (χ3v) is 42.3. The first-order valence-corrected chi connectivity index (χ1v) is 51.0. The summed E-state index contributed by atoms with van der Waals surface area (Å²) in [6.07, 6.45) is 21.2. The Labute approximate surface area is 708 Å². The van der Waals surface area contributed by atoms with Crippen LogP contribution in [0.4, 0.5) is 0 Å². The minimum atomic E-state index is -2.33. The van der Waals surface area contributed by atoms with E-state index in [1.165, 1.54) is 71.4 Å². The number of aromatic nitrogens is 4. The first kappa shape index (κ1) is 83.3. The molecule has 0 atom stereocenters. The van der Waals surface area contributed by atoms with Crippen LogP contribution in [0, 0.1) is 0 Å². The van der Waals surface area contributed by atoms with E-state index in [-0.39, 0.29) is 78.9 Å². The van der Waals surface area contributed by atoms with Gasteiger partial charge in [0.1, 0.15) is 0 Å². The van der Waals surface area contributed by atoms with Gasteiger partial charge in [0.25, 0.3) is 47.3 Å². The molecule has 8 heterocycles. The van der Waals surface area contributed by atoms with Gasteiger partial charge in [-0.1, -0.05) is 127 Å². The van der Waals surface area contributed by atoms with E-state index in [0.717, 1.165) is 97.3 Å². The number of carbonyl (C=O) groups excluding carboxylic acids is 8. The van der Waals surface area contributed by atoms with Crippen LogP contribution in [-0.2, 0) is 0 Å². The molecule has 18 rings (SSSR count). The number of rotatable bonds is 25. The van der Waals surface area contributed by atoms with Gasteiger partial charge in [-0.25, -0.2) is 0 Å². The quantitative estimate of drug-likeness (QED) is 0.0227. The van der Waals surface area contributed by atoms with Crippen molar-refractivity contribution in [2.75, 3.05) is 0 Å². The molecule has 119 heavy (non-hydrogen) atoms. The maximum absolute atomic E-state index is 14.5. The number of pyridine rings is 4. The van der Waals surface area contributed by atoms with Gasteiger partial charge in [-0.2, -0.15) is 0 Å². The predicted octanol–water partition coefficient (Wildman–Crippen LogP) is 24.3. The summed E-state index contributed by atoms with van der Waals surface area (Å²) in [5.41, 5.74) is 9.11. The second-order valence-electron chi connectivity index (χ2n) is 32.3. The molecule has 16 nitrogen and oxygen atoms in total. The fourth-order valence-electron chi connectivity index (χ4n) is 19.9. The summed E-state index contributed by atoms with van der Waals surface area (Å²) in [7, 11) is 0. The van der Waals surface area contributed by atoms with Crippen LogP contribution in [-0.4, -0.2) is 129 Å². The van der Waals surface area contributed by atoms with Gasteiger partial charge >= 0.3 is 159 Å². The van der Waals surface area contributed by atoms with Crippen molar-refractivity contribution in [3.8, 4) is 33.9 Å². The van der Waals surface area contributed by atoms with Crippen LogP contribution < -0.4 is 3.58 Å². The van der Waals surface area contributed by atoms with Crippen molar-refractivity contribution in [2.24, 2.45) is 0 Å². The second-order valence-corrected chi connectivity index (χ2v) is 46.4. The molecule has 0 saturated heterocycles. The number of imide groups is 4. The Bertz CT molecular complexity index is 6310. The molecule has 8 amide bonds. The van der Waals surface area contributed by atoms with E-state index < -0.39 is 18.4 Å². The number of unbranched alkanes of at least 4 members (excludes halogenated alkanes) is 3. The van der Waals surface area contributed by atoms with E-state index in [2.05, 4.69) is 65.0 Å². The number of hydrogen-bond acceptors (Lipinski definition) is 12.